The first-order valence-corrected chi connectivity index (χ1v) is 9.44. The summed E-state index contributed by atoms with van der Waals surface area (Å²) in [5.41, 5.74) is 1.84. The number of ether oxygens (including phenoxy) is 1. The lowest BCUT2D eigenvalue weighted by atomic mass is 10.0. The lowest BCUT2D eigenvalue weighted by molar-refractivity contribution is -0.918. The summed E-state index contributed by atoms with van der Waals surface area (Å²) in [6, 6.07) is 10.3. The molecule has 4 rings (SSSR count). The number of rotatable bonds is 3. The van der Waals surface area contributed by atoms with Gasteiger partial charge in [-0.05, 0) is 36.9 Å². The van der Waals surface area contributed by atoms with E-state index in [1.165, 1.54) is 11.0 Å². The average Bonchev–Trinajstić information content (AvgIpc) is 2.95. The number of fused-ring (bicyclic) bond motifs is 1. The van der Waals surface area contributed by atoms with Crippen LogP contribution in [-0.2, 0) is 6.54 Å². The first-order chi connectivity index (χ1) is 13.0. The molecule has 5 nitrogen and oxygen atoms in total. The number of carbonyl (C=O) groups is 1. The van der Waals surface area contributed by atoms with Crippen LogP contribution in [0.2, 0.25) is 5.02 Å². The monoisotopic (exact) mass is 384 g/mol. The number of Topliss-reactive ketones (excluding diaryl/α,β-unsaturated/α-hetero) is 1. The molecule has 0 saturated carbocycles. The summed E-state index contributed by atoms with van der Waals surface area (Å²) in [6.07, 6.45) is 1.67. The Morgan fingerprint density at radius 2 is 2.04 bits per heavy atom. The van der Waals surface area contributed by atoms with Crippen molar-refractivity contribution < 1.29 is 19.5 Å². The highest BCUT2D eigenvalue weighted by Gasteiger charge is 2.31. The van der Waals surface area contributed by atoms with Crippen LogP contribution in [0.15, 0.2) is 42.2 Å². The van der Waals surface area contributed by atoms with Gasteiger partial charge in [0.2, 0.25) is 5.78 Å². The zero-order chi connectivity index (χ0) is 19.0. The summed E-state index contributed by atoms with van der Waals surface area (Å²) < 4.78 is 5.88. The minimum atomic E-state index is -0.195. The van der Waals surface area contributed by atoms with Crippen molar-refractivity contribution >= 4 is 23.5 Å². The molecule has 0 unspecified atom stereocenters. The molecule has 1 N–H and O–H groups in total. The molecular weight excluding hydrogens is 364 g/mol. The van der Waals surface area contributed by atoms with Crippen LogP contribution >= 0.6 is 11.6 Å². The van der Waals surface area contributed by atoms with E-state index in [-0.39, 0.29) is 17.3 Å². The topological polar surface area (TPSA) is 57.0 Å². The second-order valence-corrected chi connectivity index (χ2v) is 7.58. The van der Waals surface area contributed by atoms with E-state index < -0.39 is 0 Å². The van der Waals surface area contributed by atoms with Crippen molar-refractivity contribution in [3.05, 3.63) is 63.9 Å². The third kappa shape index (κ3) is 3.72. The molecule has 2 aromatic carbocycles. The first kappa shape index (κ1) is 18.0. The highest BCUT2D eigenvalue weighted by Crippen LogP contribution is 2.38. The van der Waals surface area contributed by atoms with E-state index in [9.17, 15) is 9.90 Å². The Kier molecular flexibility index (Phi) is 4.91. The molecule has 27 heavy (non-hydrogen) atoms. The predicted octanol–water partition coefficient (Wildman–Crippen LogP) is 1.36. The molecule has 0 aliphatic carbocycles. The number of halogens is 1. The molecule has 6 heteroatoms. The van der Waals surface area contributed by atoms with Gasteiger partial charge in [0, 0.05) is 23.7 Å². The Labute approximate surface area is 163 Å². The Bertz CT molecular complexity index is 918. The molecule has 2 aromatic rings. The minimum Gasteiger partial charge on any atom is -0.872 e. The van der Waals surface area contributed by atoms with Gasteiger partial charge in [-0.25, -0.2) is 0 Å². The number of benzene rings is 2. The van der Waals surface area contributed by atoms with Crippen molar-refractivity contribution in [1.29, 1.82) is 0 Å². The molecule has 0 spiro atoms. The van der Waals surface area contributed by atoms with E-state index in [0.717, 1.165) is 31.7 Å². The molecule has 2 aliphatic heterocycles. The van der Waals surface area contributed by atoms with Crippen LogP contribution in [0.3, 0.4) is 0 Å². The molecule has 0 bridgehead atoms. The number of hydrogen-bond acceptors (Lipinski definition) is 4. The summed E-state index contributed by atoms with van der Waals surface area (Å²) in [5, 5.41) is 13.1. The molecule has 0 aromatic heterocycles. The van der Waals surface area contributed by atoms with Crippen molar-refractivity contribution in [2.45, 2.75) is 6.54 Å². The highest BCUT2D eigenvalue weighted by molar-refractivity contribution is 6.30. The zero-order valence-corrected chi connectivity index (χ0v) is 15.9. The fourth-order valence-corrected chi connectivity index (χ4v) is 3.76. The van der Waals surface area contributed by atoms with Gasteiger partial charge in [-0.3, -0.25) is 9.69 Å². The normalized spacial score (nSPS) is 19.3. The molecule has 0 amide bonds. The lowest BCUT2D eigenvalue weighted by Crippen LogP contribution is -3.13. The van der Waals surface area contributed by atoms with Crippen molar-refractivity contribution in [2.75, 3.05) is 33.2 Å². The maximum absolute atomic E-state index is 12.7. The summed E-state index contributed by atoms with van der Waals surface area (Å²) >= 11 is 6.02. The van der Waals surface area contributed by atoms with Gasteiger partial charge in [0.05, 0.1) is 18.7 Å². The number of allylic oxidation sites excluding steroid dienone is 1. The van der Waals surface area contributed by atoms with Crippen LogP contribution in [-0.4, -0.2) is 43.9 Å². The number of carbonyl (C=O) groups excluding carboxylic acids is 1. The van der Waals surface area contributed by atoms with E-state index in [1.807, 2.05) is 12.1 Å². The van der Waals surface area contributed by atoms with Crippen molar-refractivity contribution in [3.63, 3.8) is 0 Å². The summed E-state index contributed by atoms with van der Waals surface area (Å²) in [4.78, 5) is 16.4. The number of quaternary nitrogens is 1. The third-order valence-corrected chi connectivity index (χ3v) is 5.40. The third-order valence-electron chi connectivity index (χ3n) is 5.17. The van der Waals surface area contributed by atoms with E-state index in [2.05, 4.69) is 11.9 Å². The fraction of sp³-hybridized carbons (Fsp3) is 0.286. The Morgan fingerprint density at radius 1 is 1.26 bits per heavy atom. The molecule has 140 valence electrons. The van der Waals surface area contributed by atoms with Gasteiger partial charge in [0.1, 0.15) is 12.3 Å². The molecule has 1 saturated heterocycles. The quantitative estimate of drug-likeness (QED) is 0.812. The Morgan fingerprint density at radius 3 is 2.78 bits per heavy atom. The van der Waals surface area contributed by atoms with Crippen molar-refractivity contribution in [3.8, 4) is 11.5 Å². The van der Waals surface area contributed by atoms with E-state index in [1.54, 1.807) is 24.3 Å². The maximum atomic E-state index is 12.7. The first-order valence-electron chi connectivity index (χ1n) is 9.06. The molecule has 0 atom stereocenters. The largest absolute Gasteiger partial charge is 0.872 e. The minimum absolute atomic E-state index is 0.0722. The SMILES string of the molecule is CN1CC[NH+](Cc2c([O-])ccc3c2OC(=Cc2cccc(Cl)c2)C3=O)CC1. The van der Waals surface area contributed by atoms with Gasteiger partial charge in [0.25, 0.3) is 0 Å². The van der Waals surface area contributed by atoms with Gasteiger partial charge in [0.15, 0.2) is 5.76 Å². The molecule has 0 radical (unpaired) electrons. The van der Waals surface area contributed by atoms with Gasteiger partial charge < -0.3 is 14.7 Å². The van der Waals surface area contributed by atoms with Crippen molar-refractivity contribution in [2.24, 2.45) is 0 Å². The van der Waals surface area contributed by atoms with Gasteiger partial charge in [-0.1, -0.05) is 35.5 Å². The van der Waals surface area contributed by atoms with Crippen LogP contribution in [0.25, 0.3) is 6.08 Å². The Hall–Kier alpha value is -2.34. The number of nitrogens with zero attached hydrogens (tertiary/aromatic N) is 1. The molecule has 2 heterocycles. The second kappa shape index (κ2) is 7.35. The fourth-order valence-electron chi connectivity index (χ4n) is 3.57. The number of hydrogen-bond donors (Lipinski definition) is 1. The average molecular weight is 385 g/mol. The van der Waals surface area contributed by atoms with Crippen molar-refractivity contribution in [1.82, 2.24) is 4.90 Å². The molecule has 1 fully saturated rings. The Balaban J connectivity index is 1.63. The van der Waals surface area contributed by atoms with Crippen LogP contribution < -0.4 is 14.7 Å². The predicted molar refractivity (Wildman–Crippen MR) is 102 cm³/mol. The second-order valence-electron chi connectivity index (χ2n) is 7.14. The van der Waals surface area contributed by atoms with E-state index >= 15 is 0 Å². The summed E-state index contributed by atoms with van der Waals surface area (Å²) in [6.45, 7) is 4.52. The smallest absolute Gasteiger partial charge is 0.231 e. The standard InChI is InChI=1S/C21H21ClN2O3/c1-23-7-9-24(10-8-23)13-17-18(25)6-5-16-20(26)19(27-21(16)17)12-14-3-2-4-15(22)11-14/h2-6,11-12,25H,7-10,13H2,1H3. The maximum Gasteiger partial charge on any atom is 0.231 e. The number of likely N-dealkylation sites (N-methyl/N-ethyl adjacent to an activating group) is 1. The number of nitrogens with one attached hydrogen (secondary N) is 1. The summed E-state index contributed by atoms with van der Waals surface area (Å²) in [5.74, 6) is 0.385. The number of piperazine rings is 1. The number of ketones is 1. The van der Waals surface area contributed by atoms with Crippen LogP contribution in [0, 0.1) is 0 Å². The van der Waals surface area contributed by atoms with Gasteiger partial charge in [-0.2, -0.15) is 0 Å². The molecule has 2 aliphatic rings. The van der Waals surface area contributed by atoms with E-state index in [0.29, 0.717) is 28.4 Å². The van der Waals surface area contributed by atoms with Gasteiger partial charge >= 0.3 is 0 Å². The molecular formula is C21H21ClN2O3. The van der Waals surface area contributed by atoms with Crippen LogP contribution in [0.5, 0.6) is 11.5 Å². The highest BCUT2D eigenvalue weighted by atomic mass is 35.5. The summed E-state index contributed by atoms with van der Waals surface area (Å²) in [7, 11) is 2.10. The lowest BCUT2D eigenvalue weighted by Gasteiger charge is -2.30. The van der Waals surface area contributed by atoms with E-state index in [4.69, 9.17) is 16.3 Å². The zero-order valence-electron chi connectivity index (χ0n) is 15.1. The van der Waals surface area contributed by atoms with Crippen LogP contribution in [0.4, 0.5) is 0 Å². The van der Waals surface area contributed by atoms with Gasteiger partial charge in [-0.15, -0.1) is 0 Å². The van der Waals surface area contributed by atoms with Crippen LogP contribution in [0.1, 0.15) is 21.5 Å².